The number of nitrogens with zero attached hydrogens (tertiary/aromatic N) is 2. The Hall–Kier alpha value is -3.24. The van der Waals surface area contributed by atoms with E-state index in [2.05, 4.69) is 5.32 Å². The van der Waals surface area contributed by atoms with Crippen LogP contribution in [-0.4, -0.2) is 32.8 Å². The van der Waals surface area contributed by atoms with Gasteiger partial charge in [0, 0.05) is 6.07 Å². The van der Waals surface area contributed by atoms with Crippen molar-refractivity contribution in [2.45, 2.75) is 13.0 Å². The molecule has 0 saturated heterocycles. The van der Waals surface area contributed by atoms with Crippen molar-refractivity contribution in [1.82, 2.24) is 5.32 Å². The fraction of sp³-hybridized carbons (Fsp3) is 0.200. The number of hydrogen-bond donors (Lipinski definition) is 3. The first-order chi connectivity index (χ1) is 9.65. The van der Waals surface area contributed by atoms with E-state index in [9.17, 15) is 34.9 Å². The fourth-order valence-corrected chi connectivity index (χ4v) is 1.37. The Balaban J connectivity index is 3.34. The molecule has 0 saturated carbocycles. The first kappa shape index (κ1) is 15.8. The lowest BCUT2D eigenvalue weighted by Crippen LogP contribution is -2.42. The third-order valence-corrected chi connectivity index (χ3v) is 2.50. The number of amides is 2. The summed E-state index contributed by atoms with van der Waals surface area (Å²) in [5.41, 5.74) is 2.47. The minimum Gasteiger partial charge on any atom is -0.502 e. The summed E-state index contributed by atoms with van der Waals surface area (Å²) in [5.74, 6) is -3.03. The number of hydrogen-bond acceptors (Lipinski definition) is 7. The second-order valence-electron chi connectivity index (χ2n) is 3.97. The van der Waals surface area contributed by atoms with Gasteiger partial charge < -0.3 is 16.2 Å². The van der Waals surface area contributed by atoms with Gasteiger partial charge in [0.25, 0.3) is 11.6 Å². The Labute approximate surface area is 116 Å². The summed E-state index contributed by atoms with van der Waals surface area (Å²) in [6.45, 7) is 1.24. The summed E-state index contributed by atoms with van der Waals surface area (Å²) in [6, 6.07) is 0.0462. The van der Waals surface area contributed by atoms with Gasteiger partial charge in [-0.25, -0.2) is 0 Å². The molecule has 11 nitrogen and oxygen atoms in total. The molecule has 1 aromatic rings. The van der Waals surface area contributed by atoms with Gasteiger partial charge in [-0.05, 0) is 6.92 Å². The summed E-state index contributed by atoms with van der Waals surface area (Å²) in [6.07, 6.45) is 0. The number of nitro groups is 2. The highest BCUT2D eigenvalue weighted by Gasteiger charge is 2.28. The van der Waals surface area contributed by atoms with Crippen LogP contribution in [0.1, 0.15) is 17.3 Å². The number of phenols is 1. The van der Waals surface area contributed by atoms with Gasteiger partial charge in [0.15, 0.2) is 0 Å². The van der Waals surface area contributed by atoms with Crippen LogP contribution in [0.4, 0.5) is 11.4 Å². The number of carbonyl (C=O) groups excluding carboxylic acids is 2. The number of rotatable bonds is 5. The Kier molecular flexibility index (Phi) is 4.38. The van der Waals surface area contributed by atoms with Crippen LogP contribution in [0.5, 0.6) is 5.75 Å². The number of nitrogens with two attached hydrogens (primary N) is 1. The Morgan fingerprint density at radius 2 is 1.86 bits per heavy atom. The predicted octanol–water partition coefficient (Wildman–Crippen LogP) is -0.188. The smallest absolute Gasteiger partial charge is 0.318 e. The average molecular weight is 298 g/mol. The minimum absolute atomic E-state index is 0.517. The standard InChI is InChI=1S/C10H10N4O7/c1-4(9(11)16)12-10(17)6-2-5(13(18)19)3-7(8(6)15)14(20)21/h2-4,15H,1H3,(H2,11,16)(H,12,17)/t4-/m0/s1. The molecule has 11 heteroatoms. The van der Waals surface area contributed by atoms with Gasteiger partial charge in [-0.1, -0.05) is 0 Å². The van der Waals surface area contributed by atoms with Crippen molar-refractivity contribution in [2.24, 2.45) is 5.73 Å². The highest BCUT2D eigenvalue weighted by atomic mass is 16.6. The lowest BCUT2D eigenvalue weighted by Gasteiger charge is -2.11. The molecule has 0 spiro atoms. The lowest BCUT2D eigenvalue weighted by atomic mass is 10.1. The number of nitrogens with one attached hydrogen (secondary N) is 1. The van der Waals surface area contributed by atoms with E-state index in [1.807, 2.05) is 0 Å². The molecule has 0 radical (unpaired) electrons. The van der Waals surface area contributed by atoms with Crippen molar-refractivity contribution in [3.05, 3.63) is 37.9 Å². The second-order valence-corrected chi connectivity index (χ2v) is 3.97. The second kappa shape index (κ2) is 5.81. The van der Waals surface area contributed by atoms with Crippen molar-refractivity contribution in [3.63, 3.8) is 0 Å². The molecule has 2 amide bonds. The molecule has 0 fully saturated rings. The van der Waals surface area contributed by atoms with Crippen LogP contribution in [0, 0.1) is 20.2 Å². The summed E-state index contributed by atoms with van der Waals surface area (Å²) >= 11 is 0. The summed E-state index contributed by atoms with van der Waals surface area (Å²) in [7, 11) is 0. The van der Waals surface area contributed by atoms with Crippen LogP contribution < -0.4 is 11.1 Å². The number of primary amides is 1. The molecule has 0 heterocycles. The first-order valence-corrected chi connectivity index (χ1v) is 5.41. The van der Waals surface area contributed by atoms with Crippen LogP contribution in [0.3, 0.4) is 0 Å². The first-order valence-electron chi connectivity index (χ1n) is 5.41. The molecule has 1 rings (SSSR count). The van der Waals surface area contributed by atoms with Crippen molar-refractivity contribution in [2.75, 3.05) is 0 Å². The van der Waals surface area contributed by atoms with E-state index in [1.54, 1.807) is 0 Å². The van der Waals surface area contributed by atoms with Crippen molar-refractivity contribution < 1.29 is 24.5 Å². The number of phenolic OH excluding ortho intramolecular Hbond substituents is 1. The highest BCUT2D eigenvalue weighted by Crippen LogP contribution is 2.34. The minimum atomic E-state index is -1.13. The normalized spacial score (nSPS) is 11.5. The third-order valence-electron chi connectivity index (χ3n) is 2.50. The maximum absolute atomic E-state index is 11.8. The molecule has 0 aliphatic carbocycles. The van der Waals surface area contributed by atoms with E-state index >= 15 is 0 Å². The molecule has 0 bridgehead atoms. The zero-order chi connectivity index (χ0) is 16.3. The largest absolute Gasteiger partial charge is 0.502 e. The Bertz CT molecular complexity index is 643. The summed E-state index contributed by atoms with van der Waals surface area (Å²) < 4.78 is 0. The SMILES string of the molecule is C[C@H](NC(=O)c1cc([N+](=O)[O-])cc([N+](=O)[O-])c1O)C(N)=O. The summed E-state index contributed by atoms with van der Waals surface area (Å²) in [4.78, 5) is 42.0. The molecule has 1 atom stereocenters. The van der Waals surface area contributed by atoms with Crippen LogP contribution in [-0.2, 0) is 4.79 Å². The van der Waals surface area contributed by atoms with Crippen molar-refractivity contribution >= 4 is 23.2 Å². The van der Waals surface area contributed by atoms with E-state index in [0.29, 0.717) is 12.1 Å². The number of nitro benzene ring substituents is 2. The zero-order valence-corrected chi connectivity index (χ0v) is 10.6. The number of benzene rings is 1. The van der Waals surface area contributed by atoms with Gasteiger partial charge >= 0.3 is 5.69 Å². The number of aromatic hydroxyl groups is 1. The van der Waals surface area contributed by atoms with Crippen LogP contribution in [0.25, 0.3) is 0 Å². The maximum Gasteiger partial charge on any atom is 0.318 e. The number of carbonyl (C=O) groups is 2. The van der Waals surface area contributed by atoms with Gasteiger partial charge in [-0.2, -0.15) is 0 Å². The number of non-ortho nitro benzene ring substituents is 1. The molecular weight excluding hydrogens is 288 g/mol. The monoisotopic (exact) mass is 298 g/mol. The Morgan fingerprint density at radius 3 is 2.29 bits per heavy atom. The van der Waals surface area contributed by atoms with Gasteiger partial charge in [0.1, 0.15) is 6.04 Å². The van der Waals surface area contributed by atoms with Gasteiger partial charge in [-0.15, -0.1) is 0 Å². The van der Waals surface area contributed by atoms with E-state index in [1.165, 1.54) is 6.92 Å². The highest BCUT2D eigenvalue weighted by molar-refractivity contribution is 6.01. The molecule has 0 aliphatic heterocycles. The molecular formula is C10H10N4O7. The van der Waals surface area contributed by atoms with Crippen LogP contribution >= 0.6 is 0 Å². The van der Waals surface area contributed by atoms with Crippen LogP contribution in [0.15, 0.2) is 12.1 Å². The fourth-order valence-electron chi connectivity index (χ4n) is 1.37. The zero-order valence-electron chi connectivity index (χ0n) is 10.6. The Morgan fingerprint density at radius 1 is 1.29 bits per heavy atom. The van der Waals surface area contributed by atoms with Crippen LogP contribution in [0.2, 0.25) is 0 Å². The van der Waals surface area contributed by atoms with E-state index in [0.717, 1.165) is 0 Å². The van der Waals surface area contributed by atoms with Crippen molar-refractivity contribution in [1.29, 1.82) is 0 Å². The molecule has 0 unspecified atom stereocenters. The van der Waals surface area contributed by atoms with Gasteiger partial charge in [0.05, 0.1) is 21.5 Å². The molecule has 0 aliphatic rings. The van der Waals surface area contributed by atoms with Gasteiger partial charge in [0.2, 0.25) is 11.7 Å². The molecule has 4 N–H and O–H groups in total. The molecule has 0 aromatic heterocycles. The van der Waals surface area contributed by atoms with E-state index < -0.39 is 50.4 Å². The van der Waals surface area contributed by atoms with Gasteiger partial charge in [-0.3, -0.25) is 29.8 Å². The molecule has 1 aromatic carbocycles. The predicted molar refractivity (Wildman–Crippen MR) is 67.5 cm³/mol. The molecule has 112 valence electrons. The van der Waals surface area contributed by atoms with E-state index in [4.69, 9.17) is 5.73 Å². The van der Waals surface area contributed by atoms with Crippen molar-refractivity contribution in [3.8, 4) is 5.75 Å². The lowest BCUT2D eigenvalue weighted by molar-refractivity contribution is -0.394. The average Bonchev–Trinajstić information content (AvgIpc) is 2.37. The maximum atomic E-state index is 11.8. The quantitative estimate of drug-likeness (QED) is 0.497. The van der Waals surface area contributed by atoms with E-state index in [-0.39, 0.29) is 0 Å². The third kappa shape index (κ3) is 3.40. The summed E-state index contributed by atoms with van der Waals surface area (Å²) in [5, 5.41) is 33.1. The molecule has 21 heavy (non-hydrogen) atoms. The topological polar surface area (TPSA) is 179 Å².